The van der Waals surface area contributed by atoms with Crippen molar-refractivity contribution in [3.05, 3.63) is 41.2 Å². The summed E-state index contributed by atoms with van der Waals surface area (Å²) in [6, 6.07) is 7.22. The molecule has 100 valence electrons. The summed E-state index contributed by atoms with van der Waals surface area (Å²) >= 11 is 5.47. The highest BCUT2D eigenvalue weighted by Gasteiger charge is 2.27. The first kappa shape index (κ1) is 12.6. The number of benzene rings is 1. The molecule has 0 radical (unpaired) electrons. The molecule has 3 rings (SSSR count). The maximum Gasteiger partial charge on any atom is 0.178 e. The first-order chi connectivity index (χ1) is 9.13. The summed E-state index contributed by atoms with van der Waals surface area (Å²) in [4.78, 5) is 5.79. The molecule has 0 saturated carbocycles. The number of H-pyrrole nitrogens is 1. The van der Waals surface area contributed by atoms with E-state index >= 15 is 0 Å². The first-order valence-electron chi connectivity index (χ1n) is 6.71. The van der Waals surface area contributed by atoms with E-state index in [2.05, 4.69) is 53.1 Å². The minimum absolute atomic E-state index is 0.371. The van der Waals surface area contributed by atoms with Crippen LogP contribution in [0.2, 0.25) is 0 Å². The molecule has 1 N–H and O–H groups in total. The van der Waals surface area contributed by atoms with Gasteiger partial charge in [0.05, 0.1) is 11.0 Å². The second-order valence-corrected chi connectivity index (χ2v) is 5.68. The summed E-state index contributed by atoms with van der Waals surface area (Å²) < 4.78 is 3.06. The first-order valence-corrected chi connectivity index (χ1v) is 7.12. The number of hydrogen-bond donors (Lipinski definition) is 1. The fourth-order valence-electron chi connectivity index (χ4n) is 3.18. The van der Waals surface area contributed by atoms with Gasteiger partial charge >= 0.3 is 0 Å². The summed E-state index contributed by atoms with van der Waals surface area (Å²) in [7, 11) is 0. The van der Waals surface area contributed by atoms with E-state index in [0.29, 0.717) is 12.1 Å². The molecule has 0 spiro atoms. The van der Waals surface area contributed by atoms with Crippen molar-refractivity contribution in [1.82, 2.24) is 14.5 Å². The molecule has 0 unspecified atom stereocenters. The summed E-state index contributed by atoms with van der Waals surface area (Å²) in [6.07, 6.45) is 1.98. The van der Waals surface area contributed by atoms with Crippen molar-refractivity contribution in [2.24, 2.45) is 0 Å². The van der Waals surface area contributed by atoms with Crippen LogP contribution in [-0.2, 0) is 6.54 Å². The lowest BCUT2D eigenvalue weighted by Crippen LogP contribution is -2.36. The van der Waals surface area contributed by atoms with E-state index in [1.54, 1.807) is 0 Å². The number of rotatable bonds is 2. The van der Waals surface area contributed by atoms with E-state index in [9.17, 15) is 0 Å². The van der Waals surface area contributed by atoms with Gasteiger partial charge in [0.15, 0.2) is 4.77 Å². The van der Waals surface area contributed by atoms with E-state index in [4.69, 9.17) is 12.2 Å². The predicted molar refractivity (Wildman–Crippen MR) is 81.9 cm³/mol. The van der Waals surface area contributed by atoms with Crippen LogP contribution in [0.3, 0.4) is 0 Å². The lowest BCUT2D eigenvalue weighted by Gasteiger charge is -2.31. The summed E-state index contributed by atoms with van der Waals surface area (Å²) in [6.45, 7) is 10.2. The highest BCUT2D eigenvalue weighted by molar-refractivity contribution is 7.71. The van der Waals surface area contributed by atoms with Crippen molar-refractivity contribution in [1.29, 1.82) is 0 Å². The van der Waals surface area contributed by atoms with E-state index < -0.39 is 0 Å². The molecule has 2 atom stereocenters. The van der Waals surface area contributed by atoms with Crippen molar-refractivity contribution in [3.63, 3.8) is 0 Å². The normalized spacial score (nSPS) is 23.5. The second-order valence-electron chi connectivity index (χ2n) is 5.29. The molecule has 3 nitrogen and oxygen atoms in total. The number of hydrogen-bond acceptors (Lipinski definition) is 2. The zero-order valence-corrected chi connectivity index (χ0v) is 12.2. The Hall–Kier alpha value is -1.39. The van der Waals surface area contributed by atoms with E-state index in [0.717, 1.165) is 23.4 Å². The van der Waals surface area contributed by atoms with Gasteiger partial charge in [0.2, 0.25) is 0 Å². The second kappa shape index (κ2) is 4.62. The van der Waals surface area contributed by atoms with Gasteiger partial charge in [-0.05, 0) is 37.7 Å². The zero-order valence-electron chi connectivity index (χ0n) is 11.4. The van der Waals surface area contributed by atoms with Crippen molar-refractivity contribution >= 4 is 23.3 Å². The molecule has 1 aliphatic rings. The van der Waals surface area contributed by atoms with Crippen LogP contribution in [0.25, 0.3) is 11.0 Å². The minimum atomic E-state index is 0.371. The van der Waals surface area contributed by atoms with Gasteiger partial charge in [0.25, 0.3) is 0 Å². The molecule has 0 fully saturated rings. The van der Waals surface area contributed by atoms with Gasteiger partial charge in [-0.25, -0.2) is 0 Å². The van der Waals surface area contributed by atoms with Crippen LogP contribution < -0.4 is 0 Å². The van der Waals surface area contributed by atoms with Crippen molar-refractivity contribution in [2.45, 2.75) is 32.5 Å². The monoisotopic (exact) mass is 273 g/mol. The Morgan fingerprint density at radius 2 is 2.26 bits per heavy atom. The number of imidazole rings is 1. The van der Waals surface area contributed by atoms with Crippen LogP contribution in [0.4, 0.5) is 0 Å². The van der Waals surface area contributed by atoms with Gasteiger partial charge in [-0.3, -0.25) is 4.90 Å². The third-order valence-electron chi connectivity index (χ3n) is 4.12. The number of aromatic amines is 1. The molecule has 1 aliphatic heterocycles. The molecular formula is C15H19N3S. The van der Waals surface area contributed by atoms with E-state index in [1.165, 1.54) is 11.1 Å². The van der Waals surface area contributed by atoms with Crippen molar-refractivity contribution in [3.8, 4) is 0 Å². The smallest absolute Gasteiger partial charge is 0.178 e. The van der Waals surface area contributed by atoms with Crippen LogP contribution in [-0.4, -0.2) is 27.0 Å². The molecule has 0 bridgehead atoms. The topological polar surface area (TPSA) is 24.0 Å². The van der Waals surface area contributed by atoms with Crippen LogP contribution in [0.5, 0.6) is 0 Å². The van der Waals surface area contributed by atoms with Gasteiger partial charge in [-0.2, -0.15) is 0 Å². The van der Waals surface area contributed by atoms with Gasteiger partial charge in [0, 0.05) is 25.2 Å². The van der Waals surface area contributed by atoms with Crippen molar-refractivity contribution < 1.29 is 0 Å². The maximum absolute atomic E-state index is 5.47. The fraction of sp³-hybridized carbons (Fsp3) is 0.400. The van der Waals surface area contributed by atoms with Gasteiger partial charge < -0.3 is 9.55 Å². The van der Waals surface area contributed by atoms with E-state index in [-0.39, 0.29) is 0 Å². The highest BCUT2D eigenvalue weighted by atomic mass is 32.1. The third-order valence-corrected chi connectivity index (χ3v) is 4.45. The lowest BCUT2D eigenvalue weighted by atomic mass is 10.0. The highest BCUT2D eigenvalue weighted by Crippen LogP contribution is 2.33. The number of nitrogens with one attached hydrogen (secondary N) is 1. The Bertz CT molecular complexity index is 682. The molecular weight excluding hydrogens is 254 g/mol. The average Bonchev–Trinajstić information content (AvgIpc) is 2.65. The molecule has 0 amide bonds. The SMILES string of the molecule is C=CCN1[C@@H](C)Cn2c(=S)[nH]c3cccc(c32)[C@@H]1C. The number of aromatic nitrogens is 2. The standard InChI is InChI=1S/C15H19N3S/c1-4-8-17-10(2)9-18-14-12(11(17)3)6-5-7-13(14)16-15(18)19/h4-7,10-11H,1,8-9H2,2-3H3,(H,16,19)/t10-,11-/m0/s1. The molecule has 2 aromatic rings. The van der Waals surface area contributed by atoms with Gasteiger partial charge in [0.1, 0.15) is 0 Å². The summed E-state index contributed by atoms with van der Waals surface area (Å²) in [5, 5.41) is 0. The quantitative estimate of drug-likeness (QED) is 0.667. The molecule has 1 aromatic heterocycles. The summed E-state index contributed by atoms with van der Waals surface area (Å²) in [5.74, 6) is 0. The largest absolute Gasteiger partial charge is 0.331 e. The molecule has 1 aromatic carbocycles. The van der Waals surface area contributed by atoms with Crippen LogP contribution in [0.15, 0.2) is 30.9 Å². The minimum Gasteiger partial charge on any atom is -0.331 e. The Balaban J connectivity index is 2.26. The Morgan fingerprint density at radius 3 is 3.00 bits per heavy atom. The third kappa shape index (κ3) is 1.86. The fourth-order valence-corrected chi connectivity index (χ4v) is 3.45. The summed E-state index contributed by atoms with van der Waals surface area (Å²) in [5.41, 5.74) is 3.75. The van der Waals surface area contributed by atoms with Gasteiger partial charge in [-0.15, -0.1) is 6.58 Å². The molecule has 0 aliphatic carbocycles. The number of nitrogens with zero attached hydrogens (tertiary/aromatic N) is 2. The van der Waals surface area contributed by atoms with Crippen LogP contribution in [0.1, 0.15) is 25.5 Å². The van der Waals surface area contributed by atoms with Crippen molar-refractivity contribution in [2.75, 3.05) is 6.54 Å². The maximum atomic E-state index is 5.47. The Labute approximate surface area is 118 Å². The number of para-hydroxylation sites is 1. The average molecular weight is 273 g/mol. The van der Waals surface area contributed by atoms with Crippen LogP contribution in [0, 0.1) is 4.77 Å². The molecule has 4 heteroatoms. The van der Waals surface area contributed by atoms with Gasteiger partial charge in [-0.1, -0.05) is 18.2 Å². The molecule has 2 heterocycles. The predicted octanol–water partition coefficient (Wildman–Crippen LogP) is 3.65. The molecule has 19 heavy (non-hydrogen) atoms. The Kier molecular flexibility index (Phi) is 3.07. The molecule has 0 saturated heterocycles. The zero-order chi connectivity index (χ0) is 13.6. The van der Waals surface area contributed by atoms with Crippen LogP contribution >= 0.6 is 12.2 Å². The lowest BCUT2D eigenvalue weighted by molar-refractivity contribution is 0.166. The van der Waals surface area contributed by atoms with E-state index in [1.807, 2.05) is 6.08 Å². The Morgan fingerprint density at radius 1 is 1.47 bits per heavy atom.